The van der Waals surface area contributed by atoms with Gasteiger partial charge in [0, 0.05) is 20.2 Å². The maximum atomic E-state index is 12.3. The van der Waals surface area contributed by atoms with Crippen molar-refractivity contribution < 1.29 is 14.8 Å². The highest BCUT2D eigenvalue weighted by atomic mass is 16.5. The molecule has 2 amide bonds. The minimum atomic E-state index is -0.505. The number of rotatable bonds is 11. The molecule has 134 valence electrons. The first-order chi connectivity index (χ1) is 11.5. The molecule has 0 aromatic carbocycles. The molecule has 0 aliphatic rings. The third-order valence-corrected chi connectivity index (χ3v) is 3.48. The Labute approximate surface area is 142 Å². The lowest BCUT2D eigenvalue weighted by Crippen LogP contribution is -2.40. The van der Waals surface area contributed by atoms with Crippen LogP contribution in [0.1, 0.15) is 32.6 Å². The van der Waals surface area contributed by atoms with Gasteiger partial charge in [-0.3, -0.25) is 25.6 Å². The zero-order chi connectivity index (χ0) is 17.9. The smallest absolute Gasteiger partial charge is 0.243 e. The number of nitrogens with one attached hydrogen (secondary N) is 2. The molecule has 3 N–H and O–H groups in total. The Bertz CT molecular complexity index is 526. The predicted octanol–water partition coefficient (Wildman–Crippen LogP) is 1.03. The topological polar surface area (TPSA) is 111 Å². The molecule has 9 heteroatoms. The first-order valence-electron chi connectivity index (χ1n) is 7.94. The lowest BCUT2D eigenvalue weighted by atomic mass is 10.0. The standard InChI is InChI=1S/C15H26N6O3/c1-4-5-6-7-12(9-21(24)11-22)15(23)19-18-13-8-14(20(2)3)17-10-16-13/h8,10-12,24H,4-7,9H2,1-3H3,(H,19,23)(H,16,17,18)/t12-/m1/s1. The predicted molar refractivity (Wildman–Crippen MR) is 90.3 cm³/mol. The Hall–Kier alpha value is -2.42. The fourth-order valence-corrected chi connectivity index (χ4v) is 2.10. The second-order valence-electron chi connectivity index (χ2n) is 5.69. The Balaban J connectivity index is 2.62. The Morgan fingerprint density at radius 3 is 2.75 bits per heavy atom. The summed E-state index contributed by atoms with van der Waals surface area (Å²) in [7, 11) is 3.70. The van der Waals surface area contributed by atoms with Gasteiger partial charge in [-0.1, -0.05) is 26.2 Å². The van der Waals surface area contributed by atoms with Gasteiger partial charge in [0.05, 0.1) is 12.5 Å². The monoisotopic (exact) mass is 338 g/mol. The van der Waals surface area contributed by atoms with Crippen molar-refractivity contribution in [2.45, 2.75) is 32.6 Å². The van der Waals surface area contributed by atoms with E-state index in [1.54, 1.807) is 6.07 Å². The highest BCUT2D eigenvalue weighted by Crippen LogP contribution is 2.13. The van der Waals surface area contributed by atoms with Crippen molar-refractivity contribution in [3.05, 3.63) is 12.4 Å². The summed E-state index contributed by atoms with van der Waals surface area (Å²) in [6.07, 6.45) is 5.13. The summed E-state index contributed by atoms with van der Waals surface area (Å²) in [5.41, 5.74) is 5.31. The number of hydroxylamine groups is 2. The summed E-state index contributed by atoms with van der Waals surface area (Å²) >= 11 is 0. The van der Waals surface area contributed by atoms with Crippen LogP contribution in [0.3, 0.4) is 0 Å². The molecule has 1 rings (SSSR count). The summed E-state index contributed by atoms with van der Waals surface area (Å²) in [5, 5.41) is 9.85. The molecule has 0 radical (unpaired) electrons. The van der Waals surface area contributed by atoms with Gasteiger partial charge in [-0.25, -0.2) is 15.0 Å². The average Bonchev–Trinajstić information content (AvgIpc) is 2.58. The lowest BCUT2D eigenvalue weighted by Gasteiger charge is -2.20. The molecule has 0 spiro atoms. The molecule has 24 heavy (non-hydrogen) atoms. The summed E-state index contributed by atoms with van der Waals surface area (Å²) in [5.74, 6) is 0.334. The second-order valence-corrected chi connectivity index (χ2v) is 5.69. The van der Waals surface area contributed by atoms with Crippen LogP contribution in [0.5, 0.6) is 0 Å². The molecule has 0 aliphatic carbocycles. The molecular formula is C15H26N6O3. The van der Waals surface area contributed by atoms with Gasteiger partial charge in [-0.05, 0) is 6.42 Å². The number of hydrogen-bond acceptors (Lipinski definition) is 7. The molecule has 0 aliphatic heterocycles. The van der Waals surface area contributed by atoms with Crippen molar-refractivity contribution in [1.29, 1.82) is 0 Å². The van der Waals surface area contributed by atoms with E-state index in [9.17, 15) is 14.8 Å². The normalized spacial score (nSPS) is 11.5. The average molecular weight is 338 g/mol. The number of carbonyl (C=O) groups excluding carboxylic acids is 2. The van der Waals surface area contributed by atoms with E-state index in [1.165, 1.54) is 6.33 Å². The third kappa shape index (κ3) is 6.78. The maximum absolute atomic E-state index is 12.3. The van der Waals surface area contributed by atoms with E-state index in [4.69, 9.17) is 0 Å². The Morgan fingerprint density at radius 2 is 2.12 bits per heavy atom. The van der Waals surface area contributed by atoms with E-state index in [0.717, 1.165) is 19.3 Å². The van der Waals surface area contributed by atoms with Crippen LogP contribution in [-0.2, 0) is 9.59 Å². The fourth-order valence-electron chi connectivity index (χ4n) is 2.10. The number of unbranched alkanes of at least 4 members (excludes halogenated alkanes) is 2. The van der Waals surface area contributed by atoms with Crippen molar-refractivity contribution in [3.8, 4) is 0 Å². The van der Waals surface area contributed by atoms with Gasteiger partial charge in [0.1, 0.15) is 18.0 Å². The first-order valence-corrected chi connectivity index (χ1v) is 7.94. The van der Waals surface area contributed by atoms with Crippen LogP contribution in [-0.4, -0.2) is 53.2 Å². The molecule has 0 saturated carbocycles. The van der Waals surface area contributed by atoms with Crippen LogP contribution >= 0.6 is 0 Å². The lowest BCUT2D eigenvalue weighted by molar-refractivity contribution is -0.154. The van der Waals surface area contributed by atoms with Gasteiger partial charge in [-0.15, -0.1) is 0 Å². The van der Waals surface area contributed by atoms with Crippen LogP contribution in [0.2, 0.25) is 0 Å². The van der Waals surface area contributed by atoms with Crippen LogP contribution < -0.4 is 15.8 Å². The summed E-state index contributed by atoms with van der Waals surface area (Å²) in [6.45, 7) is 2.02. The first kappa shape index (κ1) is 19.6. The van der Waals surface area contributed by atoms with E-state index in [0.29, 0.717) is 29.5 Å². The third-order valence-electron chi connectivity index (χ3n) is 3.48. The van der Waals surface area contributed by atoms with E-state index < -0.39 is 5.92 Å². The largest absolute Gasteiger partial charge is 0.363 e. The maximum Gasteiger partial charge on any atom is 0.243 e. The SMILES string of the molecule is CCCCC[C@H](CN(O)C=O)C(=O)NNc1cc(N(C)C)ncn1. The number of aromatic nitrogens is 2. The number of nitrogens with zero attached hydrogens (tertiary/aromatic N) is 4. The van der Waals surface area contributed by atoms with Gasteiger partial charge in [0.15, 0.2) is 0 Å². The van der Waals surface area contributed by atoms with Crippen LogP contribution in [0.15, 0.2) is 12.4 Å². The number of hydrogen-bond donors (Lipinski definition) is 3. The van der Waals surface area contributed by atoms with Crippen molar-refractivity contribution in [2.75, 3.05) is 31.0 Å². The molecule has 1 heterocycles. The molecule has 9 nitrogen and oxygen atoms in total. The van der Waals surface area contributed by atoms with Crippen molar-refractivity contribution >= 4 is 24.0 Å². The van der Waals surface area contributed by atoms with E-state index >= 15 is 0 Å². The minimum Gasteiger partial charge on any atom is -0.363 e. The zero-order valence-corrected chi connectivity index (χ0v) is 14.4. The molecule has 0 fully saturated rings. The molecule has 0 unspecified atom stereocenters. The number of amides is 2. The zero-order valence-electron chi connectivity index (χ0n) is 14.4. The van der Waals surface area contributed by atoms with E-state index in [-0.39, 0.29) is 12.5 Å². The minimum absolute atomic E-state index is 0.0482. The van der Waals surface area contributed by atoms with Gasteiger partial charge in [-0.2, -0.15) is 0 Å². The highest BCUT2D eigenvalue weighted by molar-refractivity contribution is 5.80. The number of carbonyl (C=O) groups is 2. The molecule has 0 bridgehead atoms. The molecule has 1 aromatic heterocycles. The summed E-state index contributed by atoms with van der Waals surface area (Å²) in [6, 6.07) is 1.69. The van der Waals surface area contributed by atoms with Crippen LogP contribution in [0.25, 0.3) is 0 Å². The van der Waals surface area contributed by atoms with Crippen LogP contribution in [0, 0.1) is 5.92 Å². The van der Waals surface area contributed by atoms with Gasteiger partial charge < -0.3 is 4.90 Å². The van der Waals surface area contributed by atoms with Gasteiger partial charge in [0.2, 0.25) is 12.3 Å². The van der Waals surface area contributed by atoms with E-state index in [1.807, 2.05) is 19.0 Å². The Morgan fingerprint density at radius 1 is 1.38 bits per heavy atom. The molecular weight excluding hydrogens is 312 g/mol. The van der Waals surface area contributed by atoms with Gasteiger partial charge >= 0.3 is 0 Å². The number of hydrazine groups is 1. The number of anilines is 2. The summed E-state index contributed by atoms with van der Waals surface area (Å²) in [4.78, 5) is 32.8. The second kappa shape index (κ2) is 10.4. The van der Waals surface area contributed by atoms with E-state index in [2.05, 4.69) is 27.7 Å². The fraction of sp³-hybridized carbons (Fsp3) is 0.600. The Kier molecular flexibility index (Phi) is 8.48. The van der Waals surface area contributed by atoms with Crippen LogP contribution in [0.4, 0.5) is 11.6 Å². The van der Waals surface area contributed by atoms with Crippen molar-refractivity contribution in [1.82, 2.24) is 20.5 Å². The molecule has 0 saturated heterocycles. The molecule has 1 aromatic rings. The quantitative estimate of drug-likeness (QED) is 0.239. The van der Waals surface area contributed by atoms with Crippen molar-refractivity contribution in [3.63, 3.8) is 0 Å². The molecule has 1 atom stereocenters. The highest BCUT2D eigenvalue weighted by Gasteiger charge is 2.20. The van der Waals surface area contributed by atoms with Crippen molar-refractivity contribution in [2.24, 2.45) is 5.92 Å². The van der Waals surface area contributed by atoms with Gasteiger partial charge in [0.25, 0.3) is 0 Å². The summed E-state index contributed by atoms with van der Waals surface area (Å²) < 4.78 is 0.